The molecule has 0 spiro atoms. The normalized spacial score (nSPS) is 21.3. The molecule has 1 fully saturated rings. The van der Waals surface area contributed by atoms with Gasteiger partial charge in [-0.15, -0.1) is 0 Å². The molecule has 0 aliphatic carbocycles. The fourth-order valence-corrected chi connectivity index (χ4v) is 2.26. The number of aryl methyl sites for hydroxylation is 1. The summed E-state index contributed by atoms with van der Waals surface area (Å²) in [5.41, 5.74) is 1.49. The van der Waals surface area contributed by atoms with Gasteiger partial charge in [0.25, 0.3) is 0 Å². The van der Waals surface area contributed by atoms with Crippen LogP contribution in [-0.4, -0.2) is 25.8 Å². The topological polar surface area (TPSA) is 48.1 Å². The van der Waals surface area contributed by atoms with E-state index in [4.69, 9.17) is 14.2 Å². The van der Waals surface area contributed by atoms with Gasteiger partial charge in [-0.25, -0.2) is 0 Å². The van der Waals surface area contributed by atoms with E-state index in [2.05, 4.69) is 13.8 Å². The molecule has 2 unspecified atom stereocenters. The Hall–Kier alpha value is -1.39. The van der Waals surface area contributed by atoms with Gasteiger partial charge in [0, 0.05) is 12.2 Å². The number of hydrogen-bond acceptors (Lipinski definition) is 4. The van der Waals surface area contributed by atoms with Gasteiger partial charge >= 0.3 is 5.97 Å². The molecule has 1 aromatic carbocycles. The first-order valence-electron chi connectivity index (χ1n) is 8.42. The van der Waals surface area contributed by atoms with Gasteiger partial charge in [-0.3, -0.25) is 4.79 Å². The van der Waals surface area contributed by atoms with E-state index < -0.39 is 5.60 Å². The summed E-state index contributed by atoms with van der Waals surface area (Å²) in [5.74, 6) is 0.727. The van der Waals surface area contributed by atoms with Crippen LogP contribution in [0.5, 0.6) is 5.75 Å². The monoisotopic (exact) mass is 320 g/mol. The highest BCUT2D eigenvalue weighted by molar-refractivity contribution is 5.75. The van der Waals surface area contributed by atoms with Gasteiger partial charge in [0.05, 0.1) is 19.1 Å². The van der Waals surface area contributed by atoms with E-state index in [-0.39, 0.29) is 11.9 Å². The van der Waals surface area contributed by atoms with E-state index in [0.717, 1.165) is 17.5 Å². The highest BCUT2D eigenvalue weighted by Crippen LogP contribution is 2.44. The number of esters is 1. The maximum Gasteiger partial charge on any atom is 0.313 e. The molecule has 0 saturated carbocycles. The summed E-state index contributed by atoms with van der Waals surface area (Å²) in [6, 6.07) is 5.89. The third kappa shape index (κ3) is 4.55. The summed E-state index contributed by atoms with van der Waals surface area (Å²) in [4.78, 5) is 12.0. The second-order valence-corrected chi connectivity index (χ2v) is 6.89. The van der Waals surface area contributed by atoms with Crippen LogP contribution in [0.1, 0.15) is 45.2 Å². The van der Waals surface area contributed by atoms with Crippen molar-refractivity contribution in [2.75, 3.05) is 19.8 Å². The van der Waals surface area contributed by atoms with E-state index >= 15 is 0 Å². The fraction of sp³-hybridized carbons (Fsp3) is 0.632. The SMILES string of the molecule is CCC(C)COCC1(c2ccc(C)cc2OC(=O)C(C)C)CO1. The van der Waals surface area contributed by atoms with Gasteiger partial charge < -0.3 is 14.2 Å². The van der Waals surface area contributed by atoms with E-state index in [9.17, 15) is 4.79 Å². The van der Waals surface area contributed by atoms with Crippen LogP contribution in [0.3, 0.4) is 0 Å². The van der Waals surface area contributed by atoms with Gasteiger partial charge in [-0.2, -0.15) is 0 Å². The minimum Gasteiger partial charge on any atom is -0.426 e. The van der Waals surface area contributed by atoms with Crippen molar-refractivity contribution >= 4 is 5.97 Å². The number of carbonyl (C=O) groups is 1. The molecular weight excluding hydrogens is 292 g/mol. The standard InChI is InChI=1S/C19H28O4/c1-6-14(4)10-21-11-19(12-22-19)16-8-7-15(5)9-17(16)23-18(20)13(2)3/h7-9,13-14H,6,10-12H2,1-5H3. The first-order chi connectivity index (χ1) is 10.9. The Labute approximate surface area is 139 Å². The quantitative estimate of drug-likeness (QED) is 0.415. The number of carbonyl (C=O) groups excluding carboxylic acids is 1. The molecule has 0 N–H and O–H groups in total. The van der Waals surface area contributed by atoms with Gasteiger partial charge in [-0.1, -0.05) is 46.2 Å². The first-order valence-corrected chi connectivity index (χ1v) is 8.42. The van der Waals surface area contributed by atoms with Crippen molar-refractivity contribution in [1.82, 2.24) is 0 Å². The van der Waals surface area contributed by atoms with E-state index in [1.165, 1.54) is 0 Å². The Morgan fingerprint density at radius 1 is 1.35 bits per heavy atom. The third-order valence-corrected chi connectivity index (χ3v) is 4.24. The molecule has 1 aliphatic rings. The molecular formula is C19H28O4. The molecule has 0 amide bonds. The van der Waals surface area contributed by atoms with Crippen molar-refractivity contribution in [1.29, 1.82) is 0 Å². The van der Waals surface area contributed by atoms with Crippen LogP contribution in [0.2, 0.25) is 0 Å². The zero-order chi connectivity index (χ0) is 17.0. The molecule has 4 nitrogen and oxygen atoms in total. The maximum absolute atomic E-state index is 12.0. The predicted octanol–water partition coefficient (Wildman–Crippen LogP) is 3.84. The van der Waals surface area contributed by atoms with Gasteiger partial charge in [0.2, 0.25) is 0 Å². The van der Waals surface area contributed by atoms with Crippen LogP contribution in [0.25, 0.3) is 0 Å². The van der Waals surface area contributed by atoms with Crippen molar-refractivity contribution in [2.24, 2.45) is 11.8 Å². The highest BCUT2D eigenvalue weighted by Gasteiger charge is 2.49. The lowest BCUT2D eigenvalue weighted by Crippen LogP contribution is -2.22. The van der Waals surface area contributed by atoms with Crippen molar-refractivity contribution < 1.29 is 19.0 Å². The zero-order valence-corrected chi connectivity index (χ0v) is 14.8. The number of ether oxygens (including phenoxy) is 3. The van der Waals surface area contributed by atoms with Crippen molar-refractivity contribution in [3.8, 4) is 5.75 Å². The molecule has 0 bridgehead atoms. The average molecular weight is 320 g/mol. The van der Waals surface area contributed by atoms with E-state index in [0.29, 0.717) is 31.5 Å². The van der Waals surface area contributed by atoms with Crippen LogP contribution in [0, 0.1) is 18.8 Å². The summed E-state index contributed by atoms with van der Waals surface area (Å²) in [7, 11) is 0. The molecule has 1 aliphatic heterocycles. The summed E-state index contributed by atoms with van der Waals surface area (Å²) in [6.45, 7) is 11.8. The molecule has 2 rings (SSSR count). The Bertz CT molecular complexity index is 546. The first kappa shape index (κ1) is 18.0. The van der Waals surface area contributed by atoms with Crippen LogP contribution < -0.4 is 4.74 Å². The largest absolute Gasteiger partial charge is 0.426 e. The number of epoxide rings is 1. The molecule has 1 aromatic rings. The van der Waals surface area contributed by atoms with Crippen LogP contribution in [-0.2, 0) is 19.9 Å². The average Bonchev–Trinajstić information content (AvgIpc) is 3.27. The Balaban J connectivity index is 2.13. The third-order valence-electron chi connectivity index (χ3n) is 4.24. The maximum atomic E-state index is 12.0. The zero-order valence-electron chi connectivity index (χ0n) is 14.8. The molecule has 0 radical (unpaired) electrons. The Morgan fingerprint density at radius 2 is 2.04 bits per heavy atom. The Kier molecular flexibility index (Phi) is 5.82. The lowest BCUT2D eigenvalue weighted by Gasteiger charge is -2.19. The predicted molar refractivity (Wildman–Crippen MR) is 89.6 cm³/mol. The van der Waals surface area contributed by atoms with Crippen LogP contribution in [0.4, 0.5) is 0 Å². The summed E-state index contributed by atoms with van der Waals surface area (Å²) >= 11 is 0. The lowest BCUT2D eigenvalue weighted by molar-refractivity contribution is -0.137. The highest BCUT2D eigenvalue weighted by atomic mass is 16.6. The fourth-order valence-electron chi connectivity index (χ4n) is 2.26. The van der Waals surface area contributed by atoms with Crippen LogP contribution in [0.15, 0.2) is 18.2 Å². The second kappa shape index (κ2) is 7.45. The summed E-state index contributed by atoms with van der Waals surface area (Å²) in [6.07, 6.45) is 1.09. The van der Waals surface area contributed by atoms with E-state index in [1.54, 1.807) is 0 Å². The van der Waals surface area contributed by atoms with Crippen molar-refractivity contribution in [2.45, 2.75) is 46.6 Å². The number of hydrogen-bond donors (Lipinski definition) is 0. The molecule has 1 saturated heterocycles. The van der Waals surface area contributed by atoms with Gasteiger partial charge in [0.15, 0.2) is 0 Å². The number of benzene rings is 1. The number of rotatable bonds is 8. The van der Waals surface area contributed by atoms with Gasteiger partial charge in [-0.05, 0) is 24.5 Å². The summed E-state index contributed by atoms with van der Waals surface area (Å²) in [5, 5.41) is 0. The molecule has 1 heterocycles. The van der Waals surface area contributed by atoms with Gasteiger partial charge in [0.1, 0.15) is 11.4 Å². The van der Waals surface area contributed by atoms with E-state index in [1.807, 2.05) is 39.0 Å². The second-order valence-electron chi connectivity index (χ2n) is 6.89. The molecule has 23 heavy (non-hydrogen) atoms. The minimum absolute atomic E-state index is 0.166. The smallest absolute Gasteiger partial charge is 0.313 e. The van der Waals surface area contributed by atoms with Crippen LogP contribution >= 0.6 is 0 Å². The molecule has 0 aromatic heterocycles. The Morgan fingerprint density at radius 3 is 2.61 bits per heavy atom. The lowest BCUT2D eigenvalue weighted by atomic mass is 9.98. The minimum atomic E-state index is -0.465. The summed E-state index contributed by atoms with van der Waals surface area (Å²) < 4.78 is 17.1. The molecule has 4 heteroatoms. The molecule has 128 valence electrons. The molecule has 2 atom stereocenters. The van der Waals surface area contributed by atoms with Crippen molar-refractivity contribution in [3.05, 3.63) is 29.3 Å². The van der Waals surface area contributed by atoms with Crippen molar-refractivity contribution in [3.63, 3.8) is 0 Å².